The minimum atomic E-state index is -0.453. The molecule has 0 bridgehead atoms. The molecule has 0 radical (unpaired) electrons. The van der Waals surface area contributed by atoms with E-state index in [9.17, 15) is 9.18 Å². The minimum absolute atomic E-state index is 0.00938. The average Bonchev–Trinajstić information content (AvgIpc) is 3.30. The molecule has 2 aromatic carbocycles. The molecule has 0 aliphatic rings. The number of halogens is 1. The van der Waals surface area contributed by atoms with Gasteiger partial charge in [0.15, 0.2) is 0 Å². The quantitative estimate of drug-likeness (QED) is 0.554. The second kappa shape index (κ2) is 7.08. The maximum absolute atomic E-state index is 13.9. The van der Waals surface area contributed by atoms with Crippen molar-refractivity contribution in [1.29, 1.82) is 0 Å². The Bertz CT molecular complexity index is 1190. The number of imidazole rings is 1. The van der Waals surface area contributed by atoms with E-state index >= 15 is 0 Å². The van der Waals surface area contributed by atoms with E-state index in [4.69, 9.17) is 0 Å². The van der Waals surface area contributed by atoms with Crippen LogP contribution in [0.1, 0.15) is 42.8 Å². The molecule has 0 unspecified atom stereocenters. The maximum Gasteiger partial charge on any atom is 0.297 e. The summed E-state index contributed by atoms with van der Waals surface area (Å²) in [7, 11) is 0. The zero-order valence-corrected chi connectivity index (χ0v) is 16.3. The monoisotopic (exact) mass is 393 g/mol. The van der Waals surface area contributed by atoms with E-state index in [1.54, 1.807) is 36.4 Å². The number of hydrogen-bond acceptors (Lipinski definition) is 5. The van der Waals surface area contributed by atoms with Crippen LogP contribution in [0.3, 0.4) is 0 Å². The fourth-order valence-electron chi connectivity index (χ4n) is 2.82. The second-order valence-corrected chi connectivity index (χ2v) is 7.71. The van der Waals surface area contributed by atoms with E-state index in [-0.39, 0.29) is 17.2 Å². The average molecular weight is 393 g/mol. The minimum Gasteiger partial charge on any atom is -0.342 e. The largest absolute Gasteiger partial charge is 0.342 e. The van der Waals surface area contributed by atoms with Gasteiger partial charge in [-0.15, -0.1) is 10.2 Å². The number of hydrogen-bond donors (Lipinski definition) is 2. The number of tetrazole rings is 1. The Morgan fingerprint density at radius 3 is 2.72 bits per heavy atom. The summed E-state index contributed by atoms with van der Waals surface area (Å²) in [5.74, 6) is -0.0871. The van der Waals surface area contributed by atoms with E-state index in [1.807, 2.05) is 20.8 Å². The van der Waals surface area contributed by atoms with Crippen LogP contribution in [0, 0.1) is 5.82 Å². The molecular weight excluding hydrogens is 373 g/mol. The van der Waals surface area contributed by atoms with Crippen LogP contribution in [0.15, 0.2) is 42.5 Å². The van der Waals surface area contributed by atoms with Crippen molar-refractivity contribution >= 4 is 22.6 Å². The van der Waals surface area contributed by atoms with Gasteiger partial charge in [0.25, 0.3) is 11.7 Å². The van der Waals surface area contributed by atoms with E-state index in [2.05, 4.69) is 30.7 Å². The molecule has 0 saturated carbocycles. The first kappa shape index (κ1) is 18.7. The Hall–Kier alpha value is -3.62. The molecule has 0 aliphatic heterocycles. The molecule has 2 N–H and O–H groups in total. The topological polar surface area (TPSA) is 101 Å². The van der Waals surface area contributed by atoms with Crippen LogP contribution in [0.25, 0.3) is 11.0 Å². The molecule has 4 aromatic rings. The van der Waals surface area contributed by atoms with Crippen molar-refractivity contribution in [3.8, 4) is 0 Å². The molecule has 4 rings (SSSR count). The van der Waals surface area contributed by atoms with Gasteiger partial charge in [-0.2, -0.15) is 4.80 Å². The van der Waals surface area contributed by atoms with Crippen molar-refractivity contribution in [3.63, 3.8) is 0 Å². The van der Waals surface area contributed by atoms with Crippen molar-refractivity contribution < 1.29 is 9.18 Å². The van der Waals surface area contributed by atoms with E-state index < -0.39 is 5.91 Å². The third-order valence-electron chi connectivity index (χ3n) is 4.32. The Kier molecular flexibility index (Phi) is 4.57. The highest BCUT2D eigenvalue weighted by Gasteiger charge is 2.20. The van der Waals surface area contributed by atoms with Crippen molar-refractivity contribution in [2.75, 3.05) is 5.32 Å². The lowest BCUT2D eigenvalue weighted by Gasteiger charge is -2.15. The van der Waals surface area contributed by atoms with Gasteiger partial charge in [0.1, 0.15) is 11.6 Å². The first-order valence-corrected chi connectivity index (χ1v) is 9.13. The molecule has 29 heavy (non-hydrogen) atoms. The molecule has 1 amide bonds. The van der Waals surface area contributed by atoms with Gasteiger partial charge >= 0.3 is 0 Å². The summed E-state index contributed by atoms with van der Waals surface area (Å²) in [6.07, 6.45) is 0.350. The molecular formula is C20H20FN7O. The van der Waals surface area contributed by atoms with Gasteiger partial charge in [-0.05, 0) is 55.8 Å². The number of aromatic nitrogens is 6. The first-order valence-electron chi connectivity index (χ1n) is 9.13. The van der Waals surface area contributed by atoms with Crippen LogP contribution >= 0.6 is 0 Å². The number of H-pyrrole nitrogens is 1. The molecule has 0 spiro atoms. The number of nitrogens with one attached hydrogen (secondary N) is 2. The third-order valence-corrected chi connectivity index (χ3v) is 4.32. The molecule has 2 heterocycles. The van der Waals surface area contributed by atoms with Gasteiger partial charge in [-0.25, -0.2) is 9.37 Å². The van der Waals surface area contributed by atoms with Gasteiger partial charge in [-0.3, -0.25) is 4.79 Å². The zero-order valence-electron chi connectivity index (χ0n) is 16.3. The molecule has 0 aliphatic carbocycles. The second-order valence-electron chi connectivity index (χ2n) is 7.71. The van der Waals surface area contributed by atoms with Crippen LogP contribution in [0.5, 0.6) is 0 Å². The smallest absolute Gasteiger partial charge is 0.297 e. The highest BCUT2D eigenvalue weighted by molar-refractivity contribution is 6.02. The third kappa shape index (κ3) is 3.98. The Morgan fingerprint density at radius 1 is 1.21 bits per heavy atom. The molecule has 148 valence electrons. The highest BCUT2D eigenvalue weighted by Crippen LogP contribution is 2.20. The number of carbonyl (C=O) groups excluding carboxylic acids is 1. The summed E-state index contributed by atoms with van der Waals surface area (Å²) < 4.78 is 13.9. The molecule has 0 atom stereocenters. The fraction of sp³-hybridized carbons (Fsp3) is 0.250. The van der Waals surface area contributed by atoms with E-state index in [0.717, 1.165) is 11.0 Å². The summed E-state index contributed by atoms with van der Waals surface area (Å²) in [6, 6.07) is 11.9. The normalized spacial score (nSPS) is 11.7. The Labute approximate surface area is 166 Å². The molecule has 2 aromatic heterocycles. The van der Waals surface area contributed by atoms with Gasteiger partial charge in [0.05, 0.1) is 16.6 Å². The van der Waals surface area contributed by atoms with E-state index in [1.165, 1.54) is 10.9 Å². The number of benzene rings is 2. The summed E-state index contributed by atoms with van der Waals surface area (Å²) in [6.45, 7) is 5.75. The van der Waals surface area contributed by atoms with Crippen molar-refractivity contribution in [1.82, 2.24) is 30.2 Å². The lowest BCUT2D eigenvalue weighted by Crippen LogP contribution is -2.25. The van der Waals surface area contributed by atoms with Crippen LogP contribution < -0.4 is 5.32 Å². The van der Waals surface area contributed by atoms with Crippen molar-refractivity contribution in [3.05, 3.63) is 65.5 Å². The van der Waals surface area contributed by atoms with Crippen LogP contribution in [0.2, 0.25) is 0 Å². The number of aromatic amines is 1. The lowest BCUT2D eigenvalue weighted by molar-refractivity contribution is 0.101. The number of amides is 1. The van der Waals surface area contributed by atoms with Gasteiger partial charge in [0, 0.05) is 12.1 Å². The van der Waals surface area contributed by atoms with Crippen LogP contribution in [0.4, 0.5) is 10.1 Å². The SMILES string of the molecule is CC(C)(C)n1nnc(C(=O)Nc2ccc3nc(Cc4ccccc4F)[nH]c3c2)n1. The Morgan fingerprint density at radius 2 is 2.00 bits per heavy atom. The fourth-order valence-corrected chi connectivity index (χ4v) is 2.82. The number of carbonyl (C=O) groups is 1. The number of rotatable bonds is 4. The number of nitrogens with zero attached hydrogens (tertiary/aromatic N) is 5. The number of fused-ring (bicyclic) bond motifs is 1. The number of anilines is 1. The van der Waals surface area contributed by atoms with E-state index in [0.29, 0.717) is 23.5 Å². The van der Waals surface area contributed by atoms with Gasteiger partial charge < -0.3 is 10.3 Å². The van der Waals surface area contributed by atoms with Crippen LogP contribution in [-0.4, -0.2) is 36.1 Å². The zero-order chi connectivity index (χ0) is 20.6. The molecule has 8 nitrogen and oxygen atoms in total. The van der Waals surface area contributed by atoms with Gasteiger partial charge in [-0.1, -0.05) is 18.2 Å². The van der Waals surface area contributed by atoms with Crippen LogP contribution in [-0.2, 0) is 12.0 Å². The Balaban J connectivity index is 1.52. The maximum atomic E-state index is 13.9. The standard InChI is InChI=1S/C20H20FN7O/c1-20(2,3)28-26-18(25-27-28)19(29)22-13-8-9-15-16(11-13)24-17(23-15)10-12-6-4-5-7-14(12)21/h4-9,11H,10H2,1-3H3,(H,22,29)(H,23,24). The summed E-state index contributed by atoms with van der Waals surface area (Å²) in [5, 5.41) is 14.6. The van der Waals surface area contributed by atoms with Crippen molar-refractivity contribution in [2.45, 2.75) is 32.7 Å². The highest BCUT2D eigenvalue weighted by atomic mass is 19.1. The predicted molar refractivity (Wildman–Crippen MR) is 106 cm³/mol. The molecule has 0 saturated heterocycles. The summed E-state index contributed by atoms with van der Waals surface area (Å²) >= 11 is 0. The summed E-state index contributed by atoms with van der Waals surface area (Å²) in [5.41, 5.74) is 2.23. The molecule has 0 fully saturated rings. The first-order chi connectivity index (χ1) is 13.8. The molecule has 9 heteroatoms. The van der Waals surface area contributed by atoms with Gasteiger partial charge in [0.2, 0.25) is 0 Å². The predicted octanol–water partition coefficient (Wildman–Crippen LogP) is 3.29. The summed E-state index contributed by atoms with van der Waals surface area (Å²) in [4.78, 5) is 21.5. The lowest BCUT2D eigenvalue weighted by atomic mass is 10.1. The van der Waals surface area contributed by atoms with Crippen molar-refractivity contribution in [2.24, 2.45) is 0 Å².